The van der Waals surface area contributed by atoms with E-state index in [2.05, 4.69) is 65.6 Å². The van der Waals surface area contributed by atoms with Crippen molar-refractivity contribution < 1.29 is 9.53 Å². The van der Waals surface area contributed by atoms with E-state index in [9.17, 15) is 4.79 Å². The van der Waals surface area contributed by atoms with E-state index >= 15 is 0 Å². The molecule has 0 aromatic heterocycles. The molecule has 2 aliphatic heterocycles. The highest BCUT2D eigenvalue weighted by molar-refractivity contribution is 8.00. The minimum atomic E-state index is -0.261. The van der Waals surface area contributed by atoms with E-state index < -0.39 is 0 Å². The number of ether oxygens (including phenoxy) is 1. The second kappa shape index (κ2) is 6.66. The van der Waals surface area contributed by atoms with Gasteiger partial charge in [0.05, 0.1) is 0 Å². The molecule has 2 heterocycles. The van der Waals surface area contributed by atoms with E-state index in [0.29, 0.717) is 6.61 Å². The number of nitrogens with one attached hydrogen (secondary N) is 1. The molecule has 134 valence electrons. The zero-order valence-corrected chi connectivity index (χ0v) is 15.5. The van der Waals surface area contributed by atoms with Crippen LogP contribution in [-0.2, 0) is 4.74 Å². The first-order valence-corrected chi connectivity index (χ1v) is 10.5. The lowest BCUT2D eigenvalue weighted by Crippen LogP contribution is -2.40. The second-order valence-electron chi connectivity index (χ2n) is 7.60. The fraction of sp³-hybridized carbons (Fsp3) is 0.409. The summed E-state index contributed by atoms with van der Waals surface area (Å²) in [5, 5.41) is 4.58. The van der Waals surface area contributed by atoms with Crippen molar-refractivity contribution >= 4 is 17.9 Å². The molecule has 1 amide bonds. The number of benzene rings is 2. The van der Waals surface area contributed by atoms with Gasteiger partial charge in [-0.25, -0.2) is 4.79 Å². The van der Waals surface area contributed by atoms with Crippen molar-refractivity contribution in [1.29, 1.82) is 0 Å². The van der Waals surface area contributed by atoms with Crippen LogP contribution in [0.4, 0.5) is 4.79 Å². The highest BCUT2D eigenvalue weighted by Crippen LogP contribution is 2.45. The molecule has 2 aromatic rings. The standard InChI is InChI=1S/C22H23NO2S/c24-22(23-14-11-15-9-10-16(12-14)26-15)25-13-21-19-7-3-1-5-17(19)18-6-2-4-8-20(18)21/h1-8,14-16,21H,9-13H2,(H,23,24). The largest absolute Gasteiger partial charge is 0.449 e. The maximum Gasteiger partial charge on any atom is 0.407 e. The second-order valence-corrected chi connectivity index (χ2v) is 9.20. The summed E-state index contributed by atoms with van der Waals surface area (Å²) in [7, 11) is 0. The van der Waals surface area contributed by atoms with Crippen LogP contribution in [-0.4, -0.2) is 29.2 Å². The van der Waals surface area contributed by atoms with Crippen molar-refractivity contribution in [3.63, 3.8) is 0 Å². The number of hydrogen-bond acceptors (Lipinski definition) is 3. The molecule has 2 atom stereocenters. The van der Waals surface area contributed by atoms with E-state index in [1.54, 1.807) is 0 Å². The van der Waals surface area contributed by atoms with Crippen molar-refractivity contribution in [2.75, 3.05) is 6.61 Å². The molecule has 3 aliphatic rings. The van der Waals surface area contributed by atoms with Gasteiger partial charge in [0.15, 0.2) is 0 Å². The van der Waals surface area contributed by atoms with E-state index in [1.165, 1.54) is 35.1 Å². The van der Waals surface area contributed by atoms with Gasteiger partial charge in [-0.1, -0.05) is 48.5 Å². The summed E-state index contributed by atoms with van der Waals surface area (Å²) < 4.78 is 5.68. The third kappa shape index (κ3) is 2.90. The van der Waals surface area contributed by atoms with Gasteiger partial charge >= 0.3 is 6.09 Å². The molecule has 2 fully saturated rings. The monoisotopic (exact) mass is 365 g/mol. The van der Waals surface area contributed by atoms with Crippen LogP contribution in [0, 0.1) is 0 Å². The average Bonchev–Trinajstić information content (AvgIpc) is 3.17. The number of carbonyl (C=O) groups excluding carboxylic acids is 1. The fourth-order valence-electron chi connectivity index (χ4n) is 4.78. The van der Waals surface area contributed by atoms with Crippen LogP contribution in [0.3, 0.4) is 0 Å². The van der Waals surface area contributed by atoms with Gasteiger partial charge in [0, 0.05) is 22.5 Å². The fourth-order valence-corrected chi connectivity index (χ4v) is 6.56. The third-order valence-electron chi connectivity index (χ3n) is 5.96. The van der Waals surface area contributed by atoms with E-state index in [4.69, 9.17) is 4.74 Å². The Morgan fingerprint density at radius 3 is 2.15 bits per heavy atom. The Bertz CT molecular complexity index is 779. The third-order valence-corrected chi connectivity index (χ3v) is 7.58. The molecule has 2 unspecified atom stereocenters. The van der Waals surface area contributed by atoms with Crippen LogP contribution in [0.25, 0.3) is 11.1 Å². The Balaban J connectivity index is 1.26. The molecule has 2 saturated heterocycles. The van der Waals surface area contributed by atoms with Crippen molar-refractivity contribution in [2.45, 2.75) is 48.1 Å². The number of fused-ring (bicyclic) bond motifs is 5. The zero-order chi connectivity index (χ0) is 17.5. The summed E-state index contributed by atoms with van der Waals surface area (Å²) in [5.41, 5.74) is 5.04. The summed E-state index contributed by atoms with van der Waals surface area (Å²) in [4.78, 5) is 12.4. The quantitative estimate of drug-likeness (QED) is 0.836. The lowest BCUT2D eigenvalue weighted by molar-refractivity contribution is 0.138. The molecule has 3 nitrogen and oxygen atoms in total. The molecule has 0 spiro atoms. The first-order valence-electron chi connectivity index (χ1n) is 9.55. The van der Waals surface area contributed by atoms with Crippen LogP contribution in [0.2, 0.25) is 0 Å². The maximum atomic E-state index is 12.4. The average molecular weight is 365 g/mol. The topological polar surface area (TPSA) is 38.3 Å². The molecule has 5 rings (SSSR count). The van der Waals surface area contributed by atoms with Crippen molar-refractivity contribution in [1.82, 2.24) is 5.32 Å². The number of alkyl carbamates (subject to hydrolysis) is 1. The highest BCUT2D eigenvalue weighted by atomic mass is 32.2. The van der Waals surface area contributed by atoms with Gasteiger partial charge in [0.2, 0.25) is 0 Å². The Morgan fingerprint density at radius 2 is 1.54 bits per heavy atom. The van der Waals surface area contributed by atoms with Crippen LogP contribution >= 0.6 is 11.8 Å². The Morgan fingerprint density at radius 1 is 0.962 bits per heavy atom. The summed E-state index contributed by atoms with van der Waals surface area (Å²) in [6.45, 7) is 0.397. The molecule has 0 radical (unpaired) electrons. The summed E-state index contributed by atoms with van der Waals surface area (Å²) >= 11 is 2.11. The lowest BCUT2D eigenvalue weighted by Gasteiger charge is -2.28. The summed E-state index contributed by atoms with van der Waals surface area (Å²) in [5.74, 6) is 0.131. The molecule has 1 aliphatic carbocycles. The number of thioether (sulfide) groups is 1. The molecule has 26 heavy (non-hydrogen) atoms. The van der Waals surface area contributed by atoms with Crippen molar-refractivity contribution in [3.8, 4) is 11.1 Å². The van der Waals surface area contributed by atoms with Gasteiger partial charge in [-0.05, 0) is 47.9 Å². The van der Waals surface area contributed by atoms with Crippen LogP contribution in [0.1, 0.15) is 42.7 Å². The predicted octanol–water partition coefficient (Wildman–Crippen LogP) is 4.95. The smallest absolute Gasteiger partial charge is 0.407 e. The van der Waals surface area contributed by atoms with Gasteiger partial charge in [0.1, 0.15) is 6.61 Å². The van der Waals surface area contributed by atoms with Crippen LogP contribution in [0.5, 0.6) is 0 Å². The summed E-state index contributed by atoms with van der Waals surface area (Å²) in [6, 6.07) is 17.2. The van der Waals surface area contributed by atoms with Gasteiger partial charge in [-0.3, -0.25) is 0 Å². The SMILES string of the molecule is O=C(NC1CC2CCC(C1)S2)OCC1c2ccccc2-c2ccccc21. The summed E-state index contributed by atoms with van der Waals surface area (Å²) in [6.07, 6.45) is 4.52. The van der Waals surface area contributed by atoms with E-state index in [0.717, 1.165) is 23.3 Å². The maximum absolute atomic E-state index is 12.4. The van der Waals surface area contributed by atoms with Gasteiger partial charge in [0.25, 0.3) is 0 Å². The van der Waals surface area contributed by atoms with Crippen LogP contribution in [0.15, 0.2) is 48.5 Å². The molecule has 2 bridgehead atoms. The zero-order valence-electron chi connectivity index (χ0n) is 14.7. The molecule has 1 N–H and O–H groups in total. The normalized spacial score (nSPS) is 26.2. The minimum Gasteiger partial charge on any atom is -0.449 e. The molecular formula is C22H23NO2S. The molecule has 0 saturated carbocycles. The van der Waals surface area contributed by atoms with Crippen LogP contribution < -0.4 is 5.32 Å². The number of carbonyl (C=O) groups is 1. The lowest BCUT2D eigenvalue weighted by atomic mass is 9.98. The van der Waals surface area contributed by atoms with E-state index in [1.807, 2.05) is 0 Å². The first-order chi connectivity index (χ1) is 12.8. The Hall–Kier alpha value is -1.94. The number of amides is 1. The van der Waals surface area contributed by atoms with Gasteiger partial charge in [-0.2, -0.15) is 11.8 Å². The Labute approximate surface area is 158 Å². The molecular weight excluding hydrogens is 342 g/mol. The van der Waals surface area contributed by atoms with Gasteiger partial charge in [-0.15, -0.1) is 0 Å². The number of hydrogen-bond donors (Lipinski definition) is 1. The van der Waals surface area contributed by atoms with E-state index in [-0.39, 0.29) is 18.1 Å². The highest BCUT2D eigenvalue weighted by Gasteiger charge is 2.36. The Kier molecular flexibility index (Phi) is 4.16. The first kappa shape index (κ1) is 16.2. The van der Waals surface area contributed by atoms with Crippen molar-refractivity contribution in [2.24, 2.45) is 0 Å². The number of rotatable bonds is 3. The predicted molar refractivity (Wildman–Crippen MR) is 106 cm³/mol. The minimum absolute atomic E-state index is 0.131. The van der Waals surface area contributed by atoms with Crippen molar-refractivity contribution in [3.05, 3.63) is 59.7 Å². The van der Waals surface area contributed by atoms with Gasteiger partial charge < -0.3 is 10.1 Å². The molecule has 4 heteroatoms. The molecule has 2 aromatic carbocycles.